The third-order valence-electron chi connectivity index (χ3n) is 4.23. The van der Waals surface area contributed by atoms with Gasteiger partial charge in [0, 0.05) is 11.4 Å². The van der Waals surface area contributed by atoms with Crippen LogP contribution in [-0.4, -0.2) is 27.7 Å². The highest BCUT2D eigenvalue weighted by atomic mass is 16.5. The molecule has 0 bridgehead atoms. The second-order valence-electron chi connectivity index (χ2n) is 6.10. The predicted octanol–water partition coefficient (Wildman–Crippen LogP) is 3.73. The van der Waals surface area contributed by atoms with Gasteiger partial charge in [-0.1, -0.05) is 12.1 Å². The van der Waals surface area contributed by atoms with Crippen molar-refractivity contribution in [1.29, 1.82) is 0 Å². The molecule has 0 radical (unpaired) electrons. The first-order valence-corrected chi connectivity index (χ1v) is 8.17. The van der Waals surface area contributed by atoms with Crippen LogP contribution in [0.25, 0.3) is 16.4 Å². The lowest BCUT2D eigenvalue weighted by Crippen LogP contribution is -2.09. The number of methoxy groups -OCH3 is 1. The zero-order valence-corrected chi connectivity index (χ0v) is 14.7. The highest BCUT2D eigenvalue weighted by Crippen LogP contribution is 2.25. The van der Waals surface area contributed by atoms with E-state index in [1.165, 1.54) is 6.20 Å². The minimum absolute atomic E-state index is 0.336. The van der Waals surface area contributed by atoms with Gasteiger partial charge >= 0.3 is 5.97 Å². The van der Waals surface area contributed by atoms with E-state index in [9.17, 15) is 4.79 Å². The maximum absolute atomic E-state index is 12.6. The number of carbonyl (C=O) groups is 1. The van der Waals surface area contributed by atoms with Gasteiger partial charge in [0.1, 0.15) is 17.1 Å². The molecule has 0 N–H and O–H groups in total. The molecule has 26 heavy (non-hydrogen) atoms. The van der Waals surface area contributed by atoms with Gasteiger partial charge in [0.2, 0.25) is 0 Å². The third kappa shape index (κ3) is 2.75. The average Bonchev–Trinajstić information content (AvgIpc) is 3.05. The molecule has 6 heteroatoms. The minimum atomic E-state index is -0.486. The highest BCUT2D eigenvalue weighted by molar-refractivity contribution is 5.97. The molecule has 0 aliphatic heterocycles. The van der Waals surface area contributed by atoms with Crippen LogP contribution in [-0.2, 0) is 0 Å². The van der Waals surface area contributed by atoms with Gasteiger partial charge in [-0.25, -0.2) is 14.3 Å². The molecule has 0 saturated heterocycles. The van der Waals surface area contributed by atoms with Crippen LogP contribution >= 0.6 is 0 Å². The SMILES string of the molecule is COc1ccc2ccc(OC(=O)c3cnn4c(C)cc(C)nc34)cc2c1. The summed E-state index contributed by atoms with van der Waals surface area (Å²) in [6, 6.07) is 13.1. The number of nitrogens with zero attached hydrogens (tertiary/aromatic N) is 3. The summed E-state index contributed by atoms with van der Waals surface area (Å²) in [6.07, 6.45) is 1.49. The van der Waals surface area contributed by atoms with E-state index < -0.39 is 5.97 Å². The van der Waals surface area contributed by atoms with Crippen molar-refractivity contribution in [3.63, 3.8) is 0 Å². The second kappa shape index (κ2) is 6.15. The number of aryl methyl sites for hydroxylation is 2. The van der Waals surface area contributed by atoms with Gasteiger partial charge in [-0.2, -0.15) is 5.10 Å². The van der Waals surface area contributed by atoms with Crippen LogP contribution in [0.3, 0.4) is 0 Å². The molecule has 0 unspecified atom stereocenters. The Labute approximate surface area is 150 Å². The molecular formula is C20H17N3O3. The molecule has 0 aliphatic carbocycles. The summed E-state index contributed by atoms with van der Waals surface area (Å²) in [6.45, 7) is 3.80. The molecule has 2 aromatic heterocycles. The molecule has 4 rings (SSSR count). The summed E-state index contributed by atoms with van der Waals surface area (Å²) in [5.41, 5.74) is 2.56. The summed E-state index contributed by atoms with van der Waals surface area (Å²) in [5.74, 6) is 0.720. The summed E-state index contributed by atoms with van der Waals surface area (Å²) < 4.78 is 12.4. The quantitative estimate of drug-likeness (QED) is 0.417. The van der Waals surface area contributed by atoms with Crippen LogP contribution < -0.4 is 9.47 Å². The van der Waals surface area contributed by atoms with E-state index >= 15 is 0 Å². The van der Waals surface area contributed by atoms with Gasteiger partial charge in [-0.3, -0.25) is 0 Å². The van der Waals surface area contributed by atoms with E-state index in [0.717, 1.165) is 27.9 Å². The van der Waals surface area contributed by atoms with Crippen molar-refractivity contribution in [1.82, 2.24) is 14.6 Å². The van der Waals surface area contributed by atoms with E-state index in [4.69, 9.17) is 9.47 Å². The maximum atomic E-state index is 12.6. The molecule has 0 atom stereocenters. The van der Waals surface area contributed by atoms with E-state index in [1.807, 2.05) is 50.2 Å². The van der Waals surface area contributed by atoms with Crippen LogP contribution in [0.4, 0.5) is 0 Å². The van der Waals surface area contributed by atoms with E-state index in [0.29, 0.717) is 17.0 Å². The number of ether oxygens (including phenoxy) is 2. The first-order chi connectivity index (χ1) is 12.5. The molecule has 0 spiro atoms. The number of benzene rings is 2. The normalized spacial score (nSPS) is 11.0. The molecule has 0 fully saturated rings. The maximum Gasteiger partial charge on any atom is 0.349 e. The molecular weight excluding hydrogens is 330 g/mol. The van der Waals surface area contributed by atoms with E-state index in [-0.39, 0.29) is 0 Å². The number of esters is 1. The Morgan fingerprint density at radius 3 is 2.50 bits per heavy atom. The topological polar surface area (TPSA) is 65.7 Å². The lowest BCUT2D eigenvalue weighted by Gasteiger charge is -2.07. The van der Waals surface area contributed by atoms with Crippen molar-refractivity contribution in [2.45, 2.75) is 13.8 Å². The van der Waals surface area contributed by atoms with Crippen molar-refractivity contribution in [3.05, 3.63) is 65.6 Å². The molecule has 2 heterocycles. The molecule has 130 valence electrons. The van der Waals surface area contributed by atoms with Crippen molar-refractivity contribution in [2.75, 3.05) is 7.11 Å². The van der Waals surface area contributed by atoms with Gasteiger partial charge in [-0.15, -0.1) is 0 Å². The van der Waals surface area contributed by atoms with Crippen molar-refractivity contribution < 1.29 is 14.3 Å². The van der Waals surface area contributed by atoms with Gasteiger partial charge in [0.25, 0.3) is 0 Å². The molecule has 0 aliphatic rings. The van der Waals surface area contributed by atoms with Crippen LogP contribution in [0, 0.1) is 13.8 Å². The van der Waals surface area contributed by atoms with Gasteiger partial charge in [0.15, 0.2) is 5.65 Å². The molecule has 2 aromatic carbocycles. The van der Waals surface area contributed by atoms with Gasteiger partial charge in [-0.05, 0) is 55.0 Å². The van der Waals surface area contributed by atoms with E-state index in [2.05, 4.69) is 10.1 Å². The van der Waals surface area contributed by atoms with Crippen LogP contribution in [0.5, 0.6) is 11.5 Å². The summed E-state index contributed by atoms with van der Waals surface area (Å²) >= 11 is 0. The average molecular weight is 347 g/mol. The summed E-state index contributed by atoms with van der Waals surface area (Å²) in [4.78, 5) is 17.0. The molecule has 0 amide bonds. The highest BCUT2D eigenvalue weighted by Gasteiger charge is 2.17. The van der Waals surface area contributed by atoms with Crippen molar-refractivity contribution in [2.24, 2.45) is 0 Å². The van der Waals surface area contributed by atoms with Gasteiger partial charge in [0.05, 0.1) is 13.3 Å². The number of hydrogen-bond donors (Lipinski definition) is 0. The lowest BCUT2D eigenvalue weighted by atomic mass is 10.1. The van der Waals surface area contributed by atoms with Crippen molar-refractivity contribution in [3.8, 4) is 11.5 Å². The van der Waals surface area contributed by atoms with Crippen molar-refractivity contribution >= 4 is 22.4 Å². The number of rotatable bonds is 3. The Balaban J connectivity index is 1.69. The standard InChI is InChI=1S/C20H17N3O3/c1-12-8-13(2)23-19(22-12)18(11-21-23)20(24)26-17-7-5-14-4-6-16(25-3)9-15(14)10-17/h4-11H,1-3H3. The van der Waals surface area contributed by atoms with E-state index in [1.54, 1.807) is 17.7 Å². The minimum Gasteiger partial charge on any atom is -0.497 e. The smallest absolute Gasteiger partial charge is 0.349 e. The number of fused-ring (bicyclic) bond motifs is 2. The fourth-order valence-corrected chi connectivity index (χ4v) is 2.97. The van der Waals surface area contributed by atoms with Gasteiger partial charge < -0.3 is 9.47 Å². The monoisotopic (exact) mass is 347 g/mol. The third-order valence-corrected chi connectivity index (χ3v) is 4.23. The largest absolute Gasteiger partial charge is 0.497 e. The second-order valence-corrected chi connectivity index (χ2v) is 6.10. The van der Waals surface area contributed by atoms with Crippen LogP contribution in [0.1, 0.15) is 21.7 Å². The number of aromatic nitrogens is 3. The Bertz CT molecular complexity index is 1150. The number of hydrogen-bond acceptors (Lipinski definition) is 5. The molecule has 6 nitrogen and oxygen atoms in total. The van der Waals surface area contributed by atoms with Crippen LogP contribution in [0.2, 0.25) is 0 Å². The summed E-state index contributed by atoms with van der Waals surface area (Å²) in [5, 5.41) is 6.20. The fourth-order valence-electron chi connectivity index (χ4n) is 2.97. The first-order valence-electron chi connectivity index (χ1n) is 8.17. The van der Waals surface area contributed by atoms with Crippen LogP contribution in [0.15, 0.2) is 48.7 Å². The fraction of sp³-hybridized carbons (Fsp3) is 0.150. The summed E-state index contributed by atoms with van der Waals surface area (Å²) in [7, 11) is 1.62. The zero-order valence-electron chi connectivity index (χ0n) is 14.7. The number of carbonyl (C=O) groups excluding carboxylic acids is 1. The Morgan fingerprint density at radius 2 is 1.73 bits per heavy atom. The zero-order chi connectivity index (χ0) is 18.3. The predicted molar refractivity (Wildman–Crippen MR) is 97.9 cm³/mol. The molecule has 4 aromatic rings. The Hall–Kier alpha value is -3.41. The first kappa shape index (κ1) is 16.1. The Kier molecular flexibility index (Phi) is 3.80. The molecule has 0 saturated carbocycles. The lowest BCUT2D eigenvalue weighted by molar-refractivity contribution is 0.0737. The Morgan fingerprint density at radius 1 is 1.00 bits per heavy atom.